The Labute approximate surface area is 160 Å². The predicted octanol–water partition coefficient (Wildman–Crippen LogP) is 2.49. The number of cyclic esters (lactones) is 1. The Morgan fingerprint density at radius 3 is 2.36 bits per heavy atom. The van der Waals surface area contributed by atoms with E-state index in [9.17, 15) is 10.1 Å². The number of nitrogens with zero attached hydrogens (tertiary/aromatic N) is 4. The van der Waals surface area contributed by atoms with Crippen LogP contribution in [0.25, 0.3) is 11.1 Å². The molecule has 0 saturated heterocycles. The smallest absolute Gasteiger partial charge is 0.343 e. The van der Waals surface area contributed by atoms with Crippen LogP contribution in [0, 0.1) is 11.3 Å². The Morgan fingerprint density at radius 2 is 1.75 bits per heavy atom. The van der Waals surface area contributed by atoms with E-state index in [0.717, 1.165) is 5.56 Å². The van der Waals surface area contributed by atoms with Gasteiger partial charge in [0.05, 0.1) is 25.8 Å². The zero-order valence-electron chi connectivity index (χ0n) is 15.0. The van der Waals surface area contributed by atoms with Crippen LogP contribution in [0.2, 0.25) is 0 Å². The molecule has 0 bridgehead atoms. The Kier molecular flexibility index (Phi) is 4.12. The number of benzene rings is 1. The number of carbonyl (C=O) groups is 1. The number of nitriles is 1. The maximum atomic E-state index is 12.8. The normalized spacial score (nSPS) is 17.4. The Bertz CT molecular complexity index is 1090. The van der Waals surface area contributed by atoms with Gasteiger partial charge in [-0.05, 0) is 17.2 Å². The zero-order chi connectivity index (χ0) is 19.7. The molecule has 138 valence electrons. The number of ether oxygens (including phenoxy) is 3. The van der Waals surface area contributed by atoms with E-state index < -0.39 is 11.6 Å². The number of hydrogen-bond donors (Lipinski definition) is 0. The topological polar surface area (TPSA) is 107 Å². The van der Waals surface area contributed by atoms with Gasteiger partial charge in [0, 0.05) is 6.20 Å². The lowest BCUT2D eigenvalue weighted by atomic mass is 9.93. The van der Waals surface area contributed by atoms with Gasteiger partial charge in [0.25, 0.3) is 5.60 Å². The van der Waals surface area contributed by atoms with E-state index in [1.807, 2.05) is 36.4 Å². The number of rotatable bonds is 4. The second-order valence-corrected chi connectivity index (χ2v) is 5.91. The summed E-state index contributed by atoms with van der Waals surface area (Å²) >= 11 is 0. The van der Waals surface area contributed by atoms with Gasteiger partial charge in [-0.25, -0.2) is 4.79 Å². The maximum absolute atomic E-state index is 12.8. The van der Waals surface area contributed by atoms with Crippen molar-refractivity contribution in [1.82, 2.24) is 15.0 Å². The highest BCUT2D eigenvalue weighted by molar-refractivity contribution is 6.02. The molecule has 0 amide bonds. The van der Waals surface area contributed by atoms with Crippen LogP contribution < -0.4 is 9.47 Å². The van der Waals surface area contributed by atoms with E-state index >= 15 is 0 Å². The first-order valence-corrected chi connectivity index (χ1v) is 8.30. The molecule has 3 heterocycles. The summed E-state index contributed by atoms with van der Waals surface area (Å²) in [4.78, 5) is 25.5. The van der Waals surface area contributed by atoms with Crippen molar-refractivity contribution < 1.29 is 19.0 Å². The van der Waals surface area contributed by atoms with Gasteiger partial charge in [0.1, 0.15) is 11.8 Å². The molecule has 1 aliphatic heterocycles. The fourth-order valence-electron chi connectivity index (χ4n) is 3.08. The van der Waals surface area contributed by atoms with Gasteiger partial charge >= 0.3 is 5.97 Å². The number of aromatic nitrogens is 3. The predicted molar refractivity (Wildman–Crippen MR) is 96.6 cm³/mol. The van der Waals surface area contributed by atoms with Crippen molar-refractivity contribution in [3.8, 4) is 29.0 Å². The third-order valence-corrected chi connectivity index (χ3v) is 4.39. The van der Waals surface area contributed by atoms with E-state index in [2.05, 4.69) is 15.0 Å². The molecule has 0 aliphatic carbocycles. The van der Waals surface area contributed by atoms with Gasteiger partial charge in [0.15, 0.2) is 0 Å². The minimum Gasteiger partial charge on any atom is -0.481 e. The zero-order valence-corrected chi connectivity index (χ0v) is 15.0. The Hall–Kier alpha value is -3.99. The molecule has 0 saturated carbocycles. The van der Waals surface area contributed by atoms with Gasteiger partial charge in [-0.2, -0.15) is 15.2 Å². The molecule has 1 unspecified atom stereocenters. The lowest BCUT2D eigenvalue weighted by molar-refractivity contribution is 0.0261. The highest BCUT2D eigenvalue weighted by Gasteiger charge is 2.53. The van der Waals surface area contributed by atoms with Crippen LogP contribution in [0.5, 0.6) is 11.8 Å². The second-order valence-electron chi connectivity index (χ2n) is 5.91. The number of hydrogen-bond acceptors (Lipinski definition) is 8. The number of methoxy groups -OCH3 is 2. The first-order chi connectivity index (χ1) is 13.6. The molecule has 0 radical (unpaired) electrons. The van der Waals surface area contributed by atoms with Crippen LogP contribution in [-0.2, 0) is 10.3 Å². The van der Waals surface area contributed by atoms with Gasteiger partial charge in [-0.15, -0.1) is 0 Å². The Balaban J connectivity index is 1.97. The van der Waals surface area contributed by atoms with Gasteiger partial charge in [-0.1, -0.05) is 30.3 Å². The molecule has 0 N–H and O–H groups in total. The fourth-order valence-corrected chi connectivity index (χ4v) is 3.08. The van der Waals surface area contributed by atoms with E-state index in [1.165, 1.54) is 26.5 Å². The molecule has 0 fully saturated rings. The van der Waals surface area contributed by atoms with Crippen molar-refractivity contribution in [2.45, 2.75) is 5.60 Å². The standard InChI is InChI=1S/C20H14N4O4/c1-26-14-10-15(27-2)24-19(23-14)20(11-21)17-16(18(25)28-20)13(8-9-22-17)12-6-4-3-5-7-12/h3-10H,1-2H3. The van der Waals surface area contributed by atoms with Crippen molar-refractivity contribution in [3.05, 3.63) is 65.7 Å². The summed E-state index contributed by atoms with van der Waals surface area (Å²) in [6, 6.07) is 14.5. The minimum atomic E-state index is -1.90. The van der Waals surface area contributed by atoms with Crippen molar-refractivity contribution in [3.63, 3.8) is 0 Å². The van der Waals surface area contributed by atoms with E-state index in [0.29, 0.717) is 5.56 Å². The quantitative estimate of drug-likeness (QED) is 0.641. The maximum Gasteiger partial charge on any atom is 0.343 e. The van der Waals surface area contributed by atoms with Gasteiger partial charge in [-0.3, -0.25) is 4.98 Å². The highest BCUT2D eigenvalue weighted by Crippen LogP contribution is 2.43. The van der Waals surface area contributed by atoms with E-state index in [1.54, 1.807) is 6.07 Å². The summed E-state index contributed by atoms with van der Waals surface area (Å²) in [6.07, 6.45) is 1.52. The minimum absolute atomic E-state index is 0.0870. The van der Waals surface area contributed by atoms with E-state index in [-0.39, 0.29) is 28.8 Å². The molecule has 8 nitrogen and oxygen atoms in total. The molecule has 1 aromatic carbocycles. The van der Waals surface area contributed by atoms with Gasteiger partial charge in [0.2, 0.25) is 17.6 Å². The number of fused-ring (bicyclic) bond motifs is 1. The average Bonchev–Trinajstić information content (AvgIpc) is 3.07. The molecule has 0 spiro atoms. The Morgan fingerprint density at radius 1 is 1.07 bits per heavy atom. The molecular formula is C20H14N4O4. The highest BCUT2D eigenvalue weighted by atomic mass is 16.6. The summed E-state index contributed by atoms with van der Waals surface area (Å²) in [6.45, 7) is 0. The van der Waals surface area contributed by atoms with Crippen LogP contribution in [0.4, 0.5) is 0 Å². The van der Waals surface area contributed by atoms with Crippen LogP contribution in [-0.4, -0.2) is 35.1 Å². The fraction of sp³-hybridized carbons (Fsp3) is 0.150. The number of esters is 1. The average molecular weight is 374 g/mol. The summed E-state index contributed by atoms with van der Waals surface area (Å²) in [5, 5.41) is 9.99. The van der Waals surface area contributed by atoms with Crippen molar-refractivity contribution in [1.29, 1.82) is 5.26 Å². The number of carbonyl (C=O) groups excluding carboxylic acids is 1. The van der Waals surface area contributed by atoms with Crippen molar-refractivity contribution in [2.24, 2.45) is 0 Å². The third kappa shape index (κ3) is 2.53. The summed E-state index contributed by atoms with van der Waals surface area (Å²) in [7, 11) is 2.84. The first-order valence-electron chi connectivity index (χ1n) is 8.30. The lowest BCUT2D eigenvalue weighted by Crippen LogP contribution is -2.29. The molecular weight excluding hydrogens is 360 g/mol. The van der Waals surface area contributed by atoms with E-state index in [4.69, 9.17) is 14.2 Å². The third-order valence-electron chi connectivity index (χ3n) is 4.39. The van der Waals surface area contributed by atoms with Gasteiger partial charge < -0.3 is 14.2 Å². The first kappa shape index (κ1) is 17.4. The second kappa shape index (κ2) is 6.63. The monoisotopic (exact) mass is 374 g/mol. The molecule has 28 heavy (non-hydrogen) atoms. The SMILES string of the molecule is COc1cc(OC)nc(C2(C#N)OC(=O)c3c(-c4ccccc4)ccnc32)n1. The molecule has 1 atom stereocenters. The molecule has 4 rings (SSSR count). The summed E-state index contributed by atoms with van der Waals surface area (Å²) in [5.74, 6) is -0.426. The van der Waals surface area contributed by atoms with Crippen LogP contribution in [0.1, 0.15) is 21.9 Å². The lowest BCUT2D eigenvalue weighted by Gasteiger charge is -2.19. The van der Waals surface area contributed by atoms with Crippen molar-refractivity contribution in [2.75, 3.05) is 14.2 Å². The molecule has 8 heteroatoms. The largest absolute Gasteiger partial charge is 0.481 e. The summed E-state index contributed by atoms with van der Waals surface area (Å²) in [5.41, 5.74) is -0.144. The van der Waals surface area contributed by atoms with Crippen LogP contribution in [0.15, 0.2) is 48.7 Å². The van der Waals surface area contributed by atoms with Crippen LogP contribution >= 0.6 is 0 Å². The molecule has 1 aliphatic rings. The summed E-state index contributed by atoms with van der Waals surface area (Å²) < 4.78 is 15.8. The van der Waals surface area contributed by atoms with Crippen LogP contribution in [0.3, 0.4) is 0 Å². The molecule has 3 aromatic rings. The van der Waals surface area contributed by atoms with Crippen molar-refractivity contribution >= 4 is 5.97 Å². The number of pyridine rings is 1. The molecule has 2 aromatic heterocycles.